The van der Waals surface area contributed by atoms with E-state index in [0.29, 0.717) is 34.3 Å². The standard InChI is InChI=1S/C25H24F3N5O6S/c1-37-9-10-38-15-30-40(35,36)20-12-21(22-14-29-33-23(22)13-20)16-5-7-17(8-6-16)31-24(34)32-18-3-2-4-19(11-18)39-25(26,27)28/h2-8,11-14,30H,9-10,15H2,1H3,(H,29,33)(H2,31,32,34). The second kappa shape index (κ2) is 12.3. The van der Waals surface area contributed by atoms with E-state index in [1.165, 1.54) is 31.4 Å². The van der Waals surface area contributed by atoms with E-state index < -0.39 is 28.2 Å². The van der Waals surface area contributed by atoms with Crippen molar-refractivity contribution in [1.82, 2.24) is 14.9 Å². The van der Waals surface area contributed by atoms with E-state index in [-0.39, 0.29) is 23.9 Å². The van der Waals surface area contributed by atoms with E-state index in [0.717, 1.165) is 12.1 Å². The molecule has 15 heteroatoms. The Morgan fingerprint density at radius 3 is 2.48 bits per heavy atom. The SMILES string of the molecule is COCCOCNS(=O)(=O)c1cc(-c2ccc(NC(=O)Nc3cccc(OC(F)(F)F)c3)cc2)c2cn[nH]c2c1. The van der Waals surface area contributed by atoms with Gasteiger partial charge in [-0.3, -0.25) is 5.10 Å². The van der Waals surface area contributed by atoms with Crippen LogP contribution in [0.2, 0.25) is 0 Å². The largest absolute Gasteiger partial charge is 0.573 e. The molecule has 4 N–H and O–H groups in total. The van der Waals surface area contributed by atoms with Gasteiger partial charge in [-0.1, -0.05) is 18.2 Å². The van der Waals surface area contributed by atoms with Crippen molar-refractivity contribution in [3.63, 3.8) is 0 Å². The highest BCUT2D eigenvalue weighted by molar-refractivity contribution is 7.89. The van der Waals surface area contributed by atoms with Crippen LogP contribution in [-0.4, -0.2) is 58.1 Å². The molecule has 0 aliphatic heterocycles. The molecule has 2 amide bonds. The number of anilines is 2. The second-order valence-electron chi connectivity index (χ2n) is 8.23. The topological polar surface area (TPSA) is 144 Å². The number of aromatic nitrogens is 2. The molecule has 0 spiro atoms. The number of rotatable bonds is 11. The molecule has 212 valence electrons. The molecule has 0 unspecified atom stereocenters. The highest BCUT2D eigenvalue weighted by Gasteiger charge is 2.31. The van der Waals surface area contributed by atoms with Gasteiger partial charge >= 0.3 is 12.4 Å². The Morgan fingerprint density at radius 1 is 1.00 bits per heavy atom. The Labute approximate surface area is 226 Å². The lowest BCUT2D eigenvalue weighted by atomic mass is 10.0. The molecule has 11 nitrogen and oxygen atoms in total. The fourth-order valence-electron chi connectivity index (χ4n) is 3.63. The van der Waals surface area contributed by atoms with Crippen molar-refractivity contribution < 1.29 is 40.6 Å². The van der Waals surface area contributed by atoms with Crippen LogP contribution >= 0.6 is 0 Å². The van der Waals surface area contributed by atoms with Gasteiger partial charge in [0.25, 0.3) is 0 Å². The zero-order chi connectivity index (χ0) is 28.8. The molecule has 1 heterocycles. The Bertz CT molecular complexity index is 1580. The molecule has 4 aromatic rings. The minimum Gasteiger partial charge on any atom is -0.406 e. The summed E-state index contributed by atoms with van der Waals surface area (Å²) in [5.41, 5.74) is 2.18. The lowest BCUT2D eigenvalue weighted by Crippen LogP contribution is -2.27. The van der Waals surface area contributed by atoms with Crippen LogP contribution in [0.3, 0.4) is 0 Å². The fraction of sp³-hybridized carbons (Fsp3) is 0.200. The lowest BCUT2D eigenvalue weighted by Gasteiger charge is -2.12. The highest BCUT2D eigenvalue weighted by Crippen LogP contribution is 2.32. The summed E-state index contributed by atoms with van der Waals surface area (Å²) in [6, 6.07) is 13.6. The third-order valence-corrected chi connectivity index (χ3v) is 6.76. The summed E-state index contributed by atoms with van der Waals surface area (Å²) < 4.78 is 79.3. The normalized spacial score (nSPS) is 11.9. The van der Waals surface area contributed by atoms with Crippen LogP contribution in [0.25, 0.3) is 22.0 Å². The van der Waals surface area contributed by atoms with Gasteiger partial charge in [-0.15, -0.1) is 13.2 Å². The summed E-state index contributed by atoms with van der Waals surface area (Å²) in [6.07, 6.45) is -3.29. The van der Waals surface area contributed by atoms with Crippen molar-refractivity contribution in [1.29, 1.82) is 0 Å². The lowest BCUT2D eigenvalue weighted by molar-refractivity contribution is -0.274. The second-order valence-corrected chi connectivity index (χ2v) is 9.99. The molecular formula is C25H24F3N5O6S. The first-order valence-corrected chi connectivity index (χ1v) is 13.1. The molecule has 0 fully saturated rings. The maximum Gasteiger partial charge on any atom is 0.573 e. The Kier molecular flexibility index (Phi) is 8.89. The Morgan fingerprint density at radius 2 is 1.75 bits per heavy atom. The number of halogens is 3. The average Bonchev–Trinajstić information content (AvgIpc) is 3.37. The number of nitrogens with zero attached hydrogens (tertiary/aromatic N) is 1. The first-order chi connectivity index (χ1) is 19.0. The number of fused-ring (bicyclic) bond motifs is 1. The third-order valence-electron chi connectivity index (χ3n) is 5.40. The Balaban J connectivity index is 1.47. The zero-order valence-corrected chi connectivity index (χ0v) is 21.7. The molecule has 3 aromatic carbocycles. The molecule has 0 aliphatic carbocycles. The van der Waals surface area contributed by atoms with E-state index in [4.69, 9.17) is 9.47 Å². The summed E-state index contributed by atoms with van der Waals surface area (Å²) in [4.78, 5) is 12.4. The molecule has 0 radical (unpaired) electrons. The quantitative estimate of drug-likeness (QED) is 0.149. The van der Waals surface area contributed by atoms with E-state index in [1.807, 2.05) is 0 Å². The monoisotopic (exact) mass is 579 g/mol. The van der Waals surface area contributed by atoms with Gasteiger partial charge in [0.2, 0.25) is 10.0 Å². The van der Waals surface area contributed by atoms with E-state index in [1.54, 1.807) is 30.5 Å². The molecule has 0 saturated carbocycles. The number of ether oxygens (including phenoxy) is 3. The van der Waals surface area contributed by atoms with Gasteiger partial charge in [-0.05, 0) is 47.5 Å². The number of hydrogen-bond acceptors (Lipinski definition) is 7. The molecule has 0 saturated heterocycles. The molecule has 0 aliphatic rings. The molecule has 40 heavy (non-hydrogen) atoms. The van der Waals surface area contributed by atoms with Crippen LogP contribution in [0.4, 0.5) is 29.3 Å². The first kappa shape index (κ1) is 28.8. The zero-order valence-electron chi connectivity index (χ0n) is 20.9. The van der Waals surface area contributed by atoms with Crippen LogP contribution in [0, 0.1) is 0 Å². The van der Waals surface area contributed by atoms with E-state index >= 15 is 0 Å². The van der Waals surface area contributed by atoms with Gasteiger partial charge in [0.1, 0.15) is 12.5 Å². The average molecular weight is 580 g/mol. The number of hydrogen-bond donors (Lipinski definition) is 4. The van der Waals surface area contributed by atoms with Crippen molar-refractivity contribution >= 4 is 38.3 Å². The van der Waals surface area contributed by atoms with Gasteiger partial charge in [-0.2, -0.15) is 9.82 Å². The van der Waals surface area contributed by atoms with Gasteiger partial charge in [0, 0.05) is 29.9 Å². The number of urea groups is 1. The van der Waals surface area contributed by atoms with Crippen molar-refractivity contribution in [2.45, 2.75) is 11.3 Å². The number of amides is 2. The van der Waals surface area contributed by atoms with Crippen LogP contribution < -0.4 is 20.1 Å². The number of benzene rings is 3. The number of carbonyl (C=O) groups is 1. The molecule has 0 atom stereocenters. The highest BCUT2D eigenvalue weighted by atomic mass is 32.2. The maximum absolute atomic E-state index is 12.9. The number of alkyl halides is 3. The van der Waals surface area contributed by atoms with Gasteiger partial charge in [0.05, 0.1) is 29.8 Å². The number of aromatic amines is 1. The molecule has 4 rings (SSSR count). The van der Waals surface area contributed by atoms with Crippen molar-refractivity contribution in [2.24, 2.45) is 0 Å². The minimum atomic E-state index is -4.86. The van der Waals surface area contributed by atoms with Crippen molar-refractivity contribution in [3.05, 3.63) is 66.9 Å². The number of sulfonamides is 1. The number of H-pyrrole nitrogens is 1. The third kappa shape index (κ3) is 7.69. The van der Waals surface area contributed by atoms with Gasteiger partial charge in [-0.25, -0.2) is 13.2 Å². The van der Waals surface area contributed by atoms with Crippen LogP contribution in [0.1, 0.15) is 0 Å². The summed E-state index contributed by atoms with van der Waals surface area (Å²) in [5, 5.41) is 12.5. The van der Waals surface area contributed by atoms with Crippen LogP contribution in [0.5, 0.6) is 5.75 Å². The molecule has 1 aromatic heterocycles. The van der Waals surface area contributed by atoms with Crippen molar-refractivity contribution in [3.8, 4) is 16.9 Å². The minimum absolute atomic E-state index is 0.00657. The molecular weight excluding hydrogens is 555 g/mol. The summed E-state index contributed by atoms with van der Waals surface area (Å²) in [7, 11) is -2.41. The summed E-state index contributed by atoms with van der Waals surface area (Å²) >= 11 is 0. The predicted molar refractivity (Wildman–Crippen MR) is 140 cm³/mol. The Hall–Kier alpha value is -4.18. The number of methoxy groups -OCH3 is 1. The maximum atomic E-state index is 12.9. The summed E-state index contributed by atoms with van der Waals surface area (Å²) in [6.45, 7) is 0.313. The van der Waals surface area contributed by atoms with Gasteiger partial charge < -0.3 is 24.8 Å². The predicted octanol–water partition coefficient (Wildman–Crippen LogP) is 4.67. The van der Waals surface area contributed by atoms with E-state index in [9.17, 15) is 26.4 Å². The van der Waals surface area contributed by atoms with Crippen LogP contribution in [0.15, 0.2) is 71.8 Å². The first-order valence-electron chi connectivity index (χ1n) is 11.6. The van der Waals surface area contributed by atoms with E-state index in [2.05, 4.69) is 30.3 Å². The van der Waals surface area contributed by atoms with Crippen molar-refractivity contribution in [2.75, 3.05) is 37.7 Å². The molecule has 0 bridgehead atoms. The number of nitrogens with one attached hydrogen (secondary N) is 4. The fourth-order valence-corrected chi connectivity index (χ4v) is 4.58. The number of carbonyl (C=O) groups excluding carboxylic acids is 1. The van der Waals surface area contributed by atoms with Gasteiger partial charge in [0.15, 0.2) is 0 Å². The van der Waals surface area contributed by atoms with Crippen LogP contribution in [-0.2, 0) is 19.5 Å². The smallest absolute Gasteiger partial charge is 0.406 e. The summed E-state index contributed by atoms with van der Waals surface area (Å²) in [5.74, 6) is -0.474.